The summed E-state index contributed by atoms with van der Waals surface area (Å²) >= 11 is 0. The van der Waals surface area contributed by atoms with Crippen LogP contribution in [-0.2, 0) is 14.3 Å². The summed E-state index contributed by atoms with van der Waals surface area (Å²) in [5.74, 6) is -1.28. The molecular formula is C32H42F2N2O5. The lowest BCUT2D eigenvalue weighted by atomic mass is 9.79. The second kappa shape index (κ2) is 16.0. The molecule has 0 atom stereocenters. The maximum atomic E-state index is 14.8. The molecule has 7 nitrogen and oxygen atoms in total. The van der Waals surface area contributed by atoms with Gasteiger partial charge in [-0.3, -0.25) is 0 Å². The van der Waals surface area contributed by atoms with E-state index in [2.05, 4.69) is 6.92 Å². The van der Waals surface area contributed by atoms with Crippen LogP contribution in [0.15, 0.2) is 48.5 Å². The van der Waals surface area contributed by atoms with Crippen LogP contribution in [0.5, 0.6) is 5.75 Å². The van der Waals surface area contributed by atoms with E-state index in [0.717, 1.165) is 19.3 Å². The fraction of sp³-hybridized carbons (Fsp3) is 0.500. The first-order chi connectivity index (χ1) is 19.7. The van der Waals surface area contributed by atoms with Crippen LogP contribution in [0.25, 0.3) is 6.08 Å². The highest BCUT2D eigenvalue weighted by Crippen LogP contribution is 2.41. The van der Waals surface area contributed by atoms with Crippen LogP contribution in [0.1, 0.15) is 87.1 Å². The zero-order valence-corrected chi connectivity index (χ0v) is 23.8. The number of hydrogen-bond donors (Lipinski definition) is 2. The first kappa shape index (κ1) is 31.9. The molecule has 2 aromatic rings. The van der Waals surface area contributed by atoms with Gasteiger partial charge in [0, 0.05) is 23.9 Å². The predicted octanol–water partition coefficient (Wildman–Crippen LogP) is 7.40. The number of nitrogens with two attached hydrogens (primary N) is 2. The number of rotatable bonds is 15. The van der Waals surface area contributed by atoms with Crippen molar-refractivity contribution < 1.29 is 32.6 Å². The molecule has 0 saturated heterocycles. The number of carbonyl (C=O) groups excluding carboxylic acids is 2. The lowest BCUT2D eigenvalue weighted by Gasteiger charge is -2.33. The molecule has 2 aromatic carbocycles. The van der Waals surface area contributed by atoms with E-state index < -0.39 is 24.0 Å². The van der Waals surface area contributed by atoms with Crippen molar-refractivity contribution in [1.82, 2.24) is 0 Å². The smallest absolute Gasteiger partial charge is 0.400 e. The largest absolute Gasteiger partial charge is 0.462 e. The van der Waals surface area contributed by atoms with Gasteiger partial charge in [-0.2, -0.15) is 8.78 Å². The summed E-state index contributed by atoms with van der Waals surface area (Å²) in [5, 5.41) is 0. The molecule has 0 heterocycles. The zero-order chi connectivity index (χ0) is 29.7. The Morgan fingerprint density at radius 3 is 2.22 bits per heavy atom. The van der Waals surface area contributed by atoms with Gasteiger partial charge < -0.3 is 25.7 Å². The molecule has 1 aliphatic rings. The number of anilines is 2. The number of benzene rings is 2. The standard InChI is InChI=1S/C32H42F2N2O5/c1-2-3-4-5-7-23-8-13-26(14-9-23)32(33,34)41-29-15-10-24(11-16-29)12-17-30(37)39-18-6-19-40-31(38)25-20-27(35)22-28(36)21-25/h10-12,15-17,20-23,26H,2-9,13-14,18-19,35-36H2,1H3/b17-12+. The van der Waals surface area contributed by atoms with Crippen molar-refractivity contribution in [3.8, 4) is 5.75 Å². The Balaban J connectivity index is 1.34. The maximum Gasteiger partial charge on any atom is 0.400 e. The van der Waals surface area contributed by atoms with E-state index in [1.54, 1.807) is 12.1 Å². The summed E-state index contributed by atoms with van der Waals surface area (Å²) in [4.78, 5) is 24.0. The minimum Gasteiger partial charge on any atom is -0.462 e. The van der Waals surface area contributed by atoms with Crippen molar-refractivity contribution in [2.45, 2.75) is 77.2 Å². The maximum absolute atomic E-state index is 14.8. The lowest BCUT2D eigenvalue weighted by molar-refractivity contribution is -0.223. The van der Waals surface area contributed by atoms with Gasteiger partial charge in [0.25, 0.3) is 0 Å². The summed E-state index contributed by atoms with van der Waals surface area (Å²) in [6.07, 6.45) is 8.48. The third-order valence-corrected chi connectivity index (χ3v) is 7.31. The topological polar surface area (TPSA) is 114 Å². The Hall–Kier alpha value is -3.62. The first-order valence-electron chi connectivity index (χ1n) is 14.5. The molecule has 4 N–H and O–H groups in total. The molecule has 0 unspecified atom stereocenters. The number of alkyl halides is 2. The number of unbranched alkanes of at least 4 members (excludes halogenated alkanes) is 3. The van der Waals surface area contributed by atoms with E-state index in [-0.39, 0.29) is 24.5 Å². The Morgan fingerprint density at radius 2 is 1.56 bits per heavy atom. The summed E-state index contributed by atoms with van der Waals surface area (Å²) in [6.45, 7) is 2.29. The monoisotopic (exact) mass is 572 g/mol. The molecular weight excluding hydrogens is 530 g/mol. The van der Waals surface area contributed by atoms with Crippen molar-refractivity contribution in [2.75, 3.05) is 24.7 Å². The second-order valence-electron chi connectivity index (χ2n) is 10.7. The predicted molar refractivity (Wildman–Crippen MR) is 156 cm³/mol. The molecule has 1 aliphatic carbocycles. The molecule has 0 radical (unpaired) electrons. The van der Waals surface area contributed by atoms with Crippen LogP contribution in [0.4, 0.5) is 20.2 Å². The van der Waals surface area contributed by atoms with E-state index >= 15 is 0 Å². The molecule has 1 fully saturated rings. The van der Waals surface area contributed by atoms with Gasteiger partial charge in [-0.15, -0.1) is 0 Å². The highest BCUT2D eigenvalue weighted by atomic mass is 19.3. The molecule has 0 aliphatic heterocycles. The molecule has 0 bridgehead atoms. The van der Waals surface area contributed by atoms with Crippen LogP contribution >= 0.6 is 0 Å². The van der Waals surface area contributed by atoms with Gasteiger partial charge >= 0.3 is 18.0 Å². The second-order valence-corrected chi connectivity index (χ2v) is 10.7. The summed E-state index contributed by atoms with van der Waals surface area (Å²) in [6, 6.07) is 10.6. The fourth-order valence-electron chi connectivity index (χ4n) is 5.02. The van der Waals surface area contributed by atoms with E-state index in [0.29, 0.717) is 42.1 Å². The van der Waals surface area contributed by atoms with Gasteiger partial charge in [-0.05, 0) is 73.6 Å². The Morgan fingerprint density at radius 1 is 0.902 bits per heavy atom. The van der Waals surface area contributed by atoms with Crippen molar-refractivity contribution in [3.63, 3.8) is 0 Å². The summed E-state index contributed by atoms with van der Waals surface area (Å²) in [5.41, 5.74) is 12.9. The zero-order valence-electron chi connectivity index (χ0n) is 23.8. The third-order valence-electron chi connectivity index (χ3n) is 7.31. The molecule has 0 spiro atoms. The number of nitrogen functional groups attached to an aromatic ring is 2. The van der Waals surface area contributed by atoms with Crippen molar-refractivity contribution in [1.29, 1.82) is 0 Å². The lowest BCUT2D eigenvalue weighted by Crippen LogP contribution is -2.37. The highest BCUT2D eigenvalue weighted by Gasteiger charge is 2.43. The third kappa shape index (κ3) is 11.1. The van der Waals surface area contributed by atoms with Gasteiger partial charge in [-0.1, -0.05) is 51.2 Å². The van der Waals surface area contributed by atoms with Crippen molar-refractivity contribution in [2.24, 2.45) is 11.8 Å². The minimum atomic E-state index is -3.22. The van der Waals surface area contributed by atoms with E-state index in [9.17, 15) is 18.4 Å². The van der Waals surface area contributed by atoms with Crippen LogP contribution in [0, 0.1) is 11.8 Å². The van der Waals surface area contributed by atoms with E-state index in [1.165, 1.54) is 68.2 Å². The molecule has 0 amide bonds. The van der Waals surface area contributed by atoms with Gasteiger partial charge in [-0.25, -0.2) is 9.59 Å². The molecule has 1 saturated carbocycles. The van der Waals surface area contributed by atoms with Crippen LogP contribution < -0.4 is 16.2 Å². The number of ether oxygens (including phenoxy) is 3. The number of esters is 2. The molecule has 41 heavy (non-hydrogen) atoms. The highest BCUT2D eigenvalue weighted by molar-refractivity contribution is 5.91. The van der Waals surface area contributed by atoms with Crippen molar-refractivity contribution >= 4 is 29.4 Å². The van der Waals surface area contributed by atoms with E-state index in [4.69, 9.17) is 25.7 Å². The molecule has 0 aromatic heterocycles. The number of halogens is 2. The quantitative estimate of drug-likeness (QED) is 0.0989. The molecule has 3 rings (SSSR count). The van der Waals surface area contributed by atoms with Gasteiger partial charge in [0.15, 0.2) is 0 Å². The molecule has 224 valence electrons. The van der Waals surface area contributed by atoms with E-state index in [1.807, 2.05) is 0 Å². The Kier molecular flexibility index (Phi) is 12.4. The average molecular weight is 573 g/mol. The van der Waals surface area contributed by atoms with Crippen molar-refractivity contribution in [3.05, 3.63) is 59.7 Å². The summed E-state index contributed by atoms with van der Waals surface area (Å²) in [7, 11) is 0. The number of carbonyl (C=O) groups is 2. The van der Waals surface area contributed by atoms with Crippen LogP contribution in [-0.4, -0.2) is 31.3 Å². The van der Waals surface area contributed by atoms with Gasteiger partial charge in [0.1, 0.15) is 5.75 Å². The first-order valence-corrected chi connectivity index (χ1v) is 14.5. The normalized spacial score (nSPS) is 17.3. The minimum absolute atomic E-state index is 0.0527. The van der Waals surface area contributed by atoms with Gasteiger partial charge in [0.05, 0.1) is 24.7 Å². The van der Waals surface area contributed by atoms with Crippen LogP contribution in [0.3, 0.4) is 0 Å². The average Bonchev–Trinajstić information content (AvgIpc) is 2.94. The number of hydrogen-bond acceptors (Lipinski definition) is 7. The Labute approximate surface area is 241 Å². The Bertz CT molecular complexity index is 1130. The molecule has 9 heteroatoms. The fourth-order valence-corrected chi connectivity index (χ4v) is 5.02. The SMILES string of the molecule is CCCCCCC1CCC(C(F)(F)Oc2ccc(/C=C/C(=O)OCCCOC(=O)c3cc(N)cc(N)c3)cc2)CC1. The summed E-state index contributed by atoms with van der Waals surface area (Å²) < 4.78 is 45.0. The van der Waals surface area contributed by atoms with Gasteiger partial charge in [0.2, 0.25) is 0 Å². The van der Waals surface area contributed by atoms with Crippen LogP contribution in [0.2, 0.25) is 0 Å².